The maximum Gasteiger partial charge on any atom is 0.342 e. The highest BCUT2D eigenvalue weighted by molar-refractivity contribution is 6.34. The smallest absolute Gasteiger partial charge is 0.342 e. The molecule has 5 heteroatoms. The van der Waals surface area contributed by atoms with Gasteiger partial charge in [0.1, 0.15) is 11.7 Å². The summed E-state index contributed by atoms with van der Waals surface area (Å²) in [4.78, 5) is 41.6. The topological polar surface area (TPSA) is 80.7 Å². The second-order valence-electron chi connectivity index (χ2n) is 13.7. The fourth-order valence-electron chi connectivity index (χ4n) is 9.31. The number of hydrogen-bond donors (Lipinski definition) is 1. The summed E-state index contributed by atoms with van der Waals surface area (Å²) < 4.78 is 6.19. The zero-order valence-corrected chi connectivity index (χ0v) is 24.0. The lowest BCUT2D eigenvalue weighted by Crippen LogP contribution is -2.58. The van der Waals surface area contributed by atoms with Crippen molar-refractivity contribution in [1.29, 1.82) is 0 Å². The number of carbonyl (C=O) groups is 3. The van der Waals surface area contributed by atoms with Crippen LogP contribution in [0, 0.1) is 34.0 Å². The van der Waals surface area contributed by atoms with Crippen molar-refractivity contribution in [3.63, 3.8) is 0 Å². The molecule has 3 fully saturated rings. The Labute approximate surface area is 227 Å². The lowest BCUT2D eigenvalue weighted by molar-refractivity contribution is -0.184. The van der Waals surface area contributed by atoms with E-state index in [-0.39, 0.29) is 51.4 Å². The number of carbonyl (C=O) groups excluding carboxylic acids is 3. The zero-order chi connectivity index (χ0) is 27.8. The van der Waals surface area contributed by atoms with Gasteiger partial charge in [0.2, 0.25) is 11.6 Å². The van der Waals surface area contributed by atoms with Crippen LogP contribution in [0.15, 0.2) is 46.3 Å². The van der Waals surface area contributed by atoms with E-state index >= 15 is 0 Å². The molecule has 0 amide bonds. The Balaban J connectivity index is 1.49. The largest absolute Gasteiger partial charge is 0.504 e. The number of esters is 1. The monoisotopic (exact) mass is 520 g/mol. The van der Waals surface area contributed by atoms with E-state index in [9.17, 15) is 19.5 Å². The van der Waals surface area contributed by atoms with Crippen LogP contribution in [0.4, 0.5) is 0 Å². The van der Waals surface area contributed by atoms with E-state index in [2.05, 4.69) is 34.3 Å². The van der Waals surface area contributed by atoms with Crippen molar-refractivity contribution in [2.24, 2.45) is 34.0 Å². The second kappa shape index (κ2) is 9.06. The summed E-state index contributed by atoms with van der Waals surface area (Å²) in [5.74, 6) is -2.33. The molecule has 206 valence electrons. The van der Waals surface area contributed by atoms with E-state index in [4.69, 9.17) is 4.74 Å². The molecule has 6 unspecified atom stereocenters. The van der Waals surface area contributed by atoms with Gasteiger partial charge in [-0.15, -0.1) is 0 Å². The minimum Gasteiger partial charge on any atom is -0.504 e. The van der Waals surface area contributed by atoms with Gasteiger partial charge in [-0.2, -0.15) is 0 Å². The first kappa shape index (κ1) is 27.1. The third-order valence-corrected chi connectivity index (χ3v) is 11.1. The molecule has 0 bridgehead atoms. The van der Waals surface area contributed by atoms with E-state index in [0.717, 1.165) is 49.7 Å². The van der Waals surface area contributed by atoms with Gasteiger partial charge >= 0.3 is 5.97 Å². The number of ether oxygens (including phenoxy) is 1. The molecule has 3 saturated carbocycles. The zero-order valence-electron chi connectivity index (χ0n) is 24.0. The molecule has 5 aliphatic carbocycles. The molecule has 0 saturated heterocycles. The molecular weight excluding hydrogens is 476 g/mol. The first-order chi connectivity index (χ1) is 17.8. The maximum atomic E-state index is 14.1. The summed E-state index contributed by atoms with van der Waals surface area (Å²) in [6, 6.07) is 0. The molecule has 0 aromatic carbocycles. The predicted octanol–water partition coefficient (Wildman–Crippen LogP) is 7.13. The normalized spacial score (nSPS) is 37.4. The van der Waals surface area contributed by atoms with Gasteiger partial charge < -0.3 is 9.84 Å². The van der Waals surface area contributed by atoms with E-state index in [1.807, 2.05) is 19.9 Å². The summed E-state index contributed by atoms with van der Waals surface area (Å²) in [5, 5.41) is 11.1. The quantitative estimate of drug-likeness (QED) is 0.121. The molecule has 0 aromatic rings. The molecule has 0 heterocycles. The molecule has 1 spiro atoms. The number of allylic oxidation sites excluding steroid dienone is 5. The van der Waals surface area contributed by atoms with Crippen molar-refractivity contribution in [3.8, 4) is 0 Å². The standard InChI is InChI=1S/C33H44O5/c1-8-9-10-11-22-26(30(37)38-24-15-20-16-33(20)31(5,6)17-32(24,33)7)28(35)25(29(36)27(22)34)23-14-19(4)12-13-21(23)18(2)3/h14,20-21,23-24,36H,2,8-13,15-17H2,1,3-7H3. The van der Waals surface area contributed by atoms with Crippen LogP contribution in [0.5, 0.6) is 0 Å². The Bertz CT molecular complexity index is 1210. The first-order valence-corrected chi connectivity index (χ1v) is 14.6. The Morgan fingerprint density at radius 3 is 2.50 bits per heavy atom. The third-order valence-electron chi connectivity index (χ3n) is 11.1. The van der Waals surface area contributed by atoms with Crippen molar-refractivity contribution in [2.75, 3.05) is 0 Å². The Morgan fingerprint density at radius 2 is 1.89 bits per heavy atom. The second-order valence-corrected chi connectivity index (χ2v) is 13.7. The number of rotatable bonds is 8. The Morgan fingerprint density at radius 1 is 1.18 bits per heavy atom. The number of aliphatic hydroxyl groups excluding tert-OH is 1. The molecule has 38 heavy (non-hydrogen) atoms. The van der Waals surface area contributed by atoms with Gasteiger partial charge in [0.15, 0.2) is 5.76 Å². The molecule has 6 atom stereocenters. The summed E-state index contributed by atoms with van der Waals surface area (Å²) in [5.41, 5.74) is 2.38. The molecular formula is C33H44O5. The molecule has 5 aliphatic rings. The molecule has 5 rings (SSSR count). The van der Waals surface area contributed by atoms with Crippen molar-refractivity contribution in [3.05, 3.63) is 46.3 Å². The SMILES string of the molecule is C=C(C)C1CCC(C)=CC1C1=C(O)C(=O)C(CCCCC)=C(C(=O)OC2CC3CC34C(C)(C)CC24C)C1=O. The van der Waals surface area contributed by atoms with Gasteiger partial charge in [-0.05, 0) is 81.5 Å². The van der Waals surface area contributed by atoms with Gasteiger partial charge in [-0.3, -0.25) is 9.59 Å². The third kappa shape index (κ3) is 3.67. The van der Waals surface area contributed by atoms with Crippen LogP contribution in [0.2, 0.25) is 0 Å². The van der Waals surface area contributed by atoms with E-state index in [1.54, 1.807) is 0 Å². The number of ketones is 2. The molecule has 0 radical (unpaired) electrons. The molecule has 0 aromatic heterocycles. The minimum atomic E-state index is -0.685. The Kier molecular flexibility index (Phi) is 6.47. The lowest BCUT2D eigenvalue weighted by Gasteiger charge is -2.61. The van der Waals surface area contributed by atoms with E-state index in [1.165, 1.54) is 6.42 Å². The number of Topliss-reactive ketones (excluding diaryl/α,β-unsaturated/α-hetero) is 2. The van der Waals surface area contributed by atoms with Gasteiger partial charge in [0.05, 0.1) is 5.57 Å². The highest BCUT2D eigenvalue weighted by Crippen LogP contribution is 2.88. The van der Waals surface area contributed by atoms with Crippen LogP contribution in [0.25, 0.3) is 0 Å². The van der Waals surface area contributed by atoms with Crippen molar-refractivity contribution < 1.29 is 24.2 Å². The summed E-state index contributed by atoms with van der Waals surface area (Å²) in [6.07, 6.45) is 9.12. The van der Waals surface area contributed by atoms with E-state index < -0.39 is 29.2 Å². The Hall–Kier alpha value is -2.43. The van der Waals surface area contributed by atoms with Gasteiger partial charge in [-0.1, -0.05) is 64.3 Å². The van der Waals surface area contributed by atoms with Crippen LogP contribution in [0.1, 0.15) is 99.3 Å². The van der Waals surface area contributed by atoms with Crippen molar-refractivity contribution >= 4 is 17.5 Å². The minimum absolute atomic E-state index is 0.0370. The molecule has 5 nitrogen and oxygen atoms in total. The molecule has 0 aliphatic heterocycles. The van der Waals surface area contributed by atoms with Crippen molar-refractivity contribution in [1.82, 2.24) is 0 Å². The fourth-order valence-corrected chi connectivity index (χ4v) is 9.31. The molecule has 1 N–H and O–H groups in total. The summed E-state index contributed by atoms with van der Waals surface area (Å²) >= 11 is 0. The number of hydrogen-bond acceptors (Lipinski definition) is 5. The van der Waals surface area contributed by atoms with Crippen LogP contribution in [-0.2, 0) is 19.1 Å². The van der Waals surface area contributed by atoms with Crippen LogP contribution >= 0.6 is 0 Å². The van der Waals surface area contributed by atoms with Crippen LogP contribution in [0.3, 0.4) is 0 Å². The van der Waals surface area contributed by atoms with Crippen LogP contribution in [-0.4, -0.2) is 28.7 Å². The number of aliphatic hydroxyl groups is 1. The average Bonchev–Trinajstić information content (AvgIpc) is 3.56. The van der Waals surface area contributed by atoms with Gasteiger partial charge in [-0.25, -0.2) is 4.79 Å². The number of unbranched alkanes of at least 4 members (excludes halogenated alkanes) is 2. The predicted molar refractivity (Wildman–Crippen MR) is 147 cm³/mol. The highest BCUT2D eigenvalue weighted by atomic mass is 16.5. The summed E-state index contributed by atoms with van der Waals surface area (Å²) in [6.45, 7) is 17.0. The average molecular weight is 521 g/mol. The van der Waals surface area contributed by atoms with E-state index in [0.29, 0.717) is 12.3 Å². The lowest BCUT2D eigenvalue weighted by atomic mass is 9.44. The highest BCUT2D eigenvalue weighted by Gasteiger charge is 2.84. The maximum absolute atomic E-state index is 14.1. The van der Waals surface area contributed by atoms with Gasteiger partial charge in [0, 0.05) is 16.9 Å². The first-order valence-electron chi connectivity index (χ1n) is 14.6. The van der Waals surface area contributed by atoms with Crippen molar-refractivity contribution in [2.45, 2.75) is 105 Å². The van der Waals surface area contributed by atoms with Crippen LogP contribution < -0.4 is 0 Å². The van der Waals surface area contributed by atoms with Gasteiger partial charge in [0.25, 0.3) is 0 Å². The summed E-state index contributed by atoms with van der Waals surface area (Å²) in [7, 11) is 0. The fraction of sp³-hybridized carbons (Fsp3) is 0.667.